The van der Waals surface area contributed by atoms with E-state index in [0.29, 0.717) is 5.88 Å². The first-order valence-corrected chi connectivity index (χ1v) is 5.88. The van der Waals surface area contributed by atoms with Crippen molar-refractivity contribution < 1.29 is 4.74 Å². The number of hydrogen-bond acceptors (Lipinski definition) is 2. The molecule has 1 aromatic carbocycles. The predicted octanol–water partition coefficient (Wildman–Crippen LogP) is 3.34. The number of methoxy groups -OCH3 is 1. The summed E-state index contributed by atoms with van der Waals surface area (Å²) in [5.74, 6) is 0.649. The molecule has 3 rings (SSSR count). The standard InChI is InChI=1S/C15H14N2O/c1-11-10-14(18-2)16-15-13(11)8-9-17(15)12-6-4-3-5-7-12/h3-10H,1-2H3. The lowest BCUT2D eigenvalue weighted by Gasteiger charge is -2.07. The van der Waals surface area contributed by atoms with Gasteiger partial charge in [0.05, 0.1) is 7.11 Å². The SMILES string of the molecule is COc1cc(C)c2ccn(-c3ccccc3)c2n1. The van der Waals surface area contributed by atoms with Crippen molar-refractivity contribution in [3.05, 3.63) is 54.2 Å². The molecule has 3 heteroatoms. The molecule has 0 saturated carbocycles. The number of rotatable bonds is 2. The molecule has 0 fully saturated rings. The van der Waals surface area contributed by atoms with Crippen molar-refractivity contribution in [2.45, 2.75) is 6.92 Å². The van der Waals surface area contributed by atoms with E-state index in [-0.39, 0.29) is 0 Å². The zero-order valence-electron chi connectivity index (χ0n) is 10.4. The van der Waals surface area contributed by atoms with Crippen molar-refractivity contribution in [1.29, 1.82) is 0 Å². The number of para-hydroxylation sites is 1. The predicted molar refractivity (Wildman–Crippen MR) is 72.4 cm³/mol. The van der Waals surface area contributed by atoms with E-state index in [1.165, 1.54) is 5.56 Å². The van der Waals surface area contributed by atoms with Crippen molar-refractivity contribution in [1.82, 2.24) is 9.55 Å². The summed E-state index contributed by atoms with van der Waals surface area (Å²) < 4.78 is 7.31. The third-order valence-corrected chi connectivity index (χ3v) is 3.08. The summed E-state index contributed by atoms with van der Waals surface area (Å²) in [7, 11) is 1.64. The van der Waals surface area contributed by atoms with Crippen LogP contribution >= 0.6 is 0 Å². The summed E-state index contributed by atoms with van der Waals surface area (Å²) in [4.78, 5) is 4.53. The quantitative estimate of drug-likeness (QED) is 0.684. The molecule has 0 amide bonds. The lowest BCUT2D eigenvalue weighted by molar-refractivity contribution is 0.399. The summed E-state index contributed by atoms with van der Waals surface area (Å²) >= 11 is 0. The van der Waals surface area contributed by atoms with Gasteiger partial charge < -0.3 is 9.30 Å². The van der Waals surface area contributed by atoms with Gasteiger partial charge in [-0.05, 0) is 30.7 Å². The van der Waals surface area contributed by atoms with Gasteiger partial charge in [-0.15, -0.1) is 0 Å². The van der Waals surface area contributed by atoms with E-state index >= 15 is 0 Å². The Morgan fingerprint density at radius 2 is 1.89 bits per heavy atom. The second-order valence-corrected chi connectivity index (χ2v) is 4.24. The van der Waals surface area contributed by atoms with Crippen LogP contribution in [0.4, 0.5) is 0 Å². The molecule has 0 saturated heterocycles. The van der Waals surface area contributed by atoms with E-state index in [1.807, 2.05) is 30.5 Å². The van der Waals surface area contributed by atoms with Gasteiger partial charge in [0.1, 0.15) is 5.65 Å². The molecular formula is C15H14N2O. The van der Waals surface area contributed by atoms with Gasteiger partial charge in [-0.2, -0.15) is 4.98 Å². The minimum atomic E-state index is 0.649. The Morgan fingerprint density at radius 3 is 2.61 bits per heavy atom. The Morgan fingerprint density at radius 1 is 1.11 bits per heavy atom. The maximum absolute atomic E-state index is 5.24. The second kappa shape index (κ2) is 4.18. The summed E-state index contributed by atoms with van der Waals surface area (Å²) in [5, 5.41) is 1.15. The van der Waals surface area contributed by atoms with Gasteiger partial charge in [-0.25, -0.2) is 0 Å². The topological polar surface area (TPSA) is 27.1 Å². The molecule has 0 aliphatic rings. The lowest BCUT2D eigenvalue weighted by Crippen LogP contribution is -1.96. The number of nitrogens with zero attached hydrogens (tertiary/aromatic N) is 2. The highest BCUT2D eigenvalue weighted by atomic mass is 16.5. The fraction of sp³-hybridized carbons (Fsp3) is 0.133. The number of benzene rings is 1. The molecule has 0 unspecified atom stereocenters. The molecular weight excluding hydrogens is 224 g/mol. The maximum Gasteiger partial charge on any atom is 0.215 e. The van der Waals surface area contributed by atoms with Gasteiger partial charge >= 0.3 is 0 Å². The smallest absolute Gasteiger partial charge is 0.215 e. The first-order valence-electron chi connectivity index (χ1n) is 5.88. The minimum absolute atomic E-state index is 0.649. The molecule has 3 nitrogen and oxygen atoms in total. The Bertz CT molecular complexity index is 686. The number of ether oxygens (including phenoxy) is 1. The third kappa shape index (κ3) is 1.64. The molecule has 18 heavy (non-hydrogen) atoms. The van der Waals surface area contributed by atoms with E-state index in [1.54, 1.807) is 7.11 Å². The zero-order valence-corrected chi connectivity index (χ0v) is 10.4. The number of fused-ring (bicyclic) bond motifs is 1. The van der Waals surface area contributed by atoms with Crippen LogP contribution in [0.15, 0.2) is 48.7 Å². The van der Waals surface area contributed by atoms with Gasteiger partial charge in [-0.1, -0.05) is 18.2 Å². The van der Waals surface area contributed by atoms with Crippen LogP contribution in [0.5, 0.6) is 5.88 Å². The monoisotopic (exact) mass is 238 g/mol. The molecule has 0 aliphatic carbocycles. The van der Waals surface area contributed by atoms with Crippen LogP contribution in [-0.4, -0.2) is 16.7 Å². The molecule has 3 aromatic rings. The molecule has 2 aromatic heterocycles. The first kappa shape index (κ1) is 10.8. The fourth-order valence-corrected chi connectivity index (χ4v) is 2.15. The summed E-state index contributed by atoms with van der Waals surface area (Å²) in [5.41, 5.74) is 3.21. The highest BCUT2D eigenvalue weighted by molar-refractivity contribution is 5.82. The van der Waals surface area contributed by atoms with E-state index in [2.05, 4.69) is 34.7 Å². The number of aryl methyl sites for hydroxylation is 1. The van der Waals surface area contributed by atoms with Gasteiger partial charge in [-0.3, -0.25) is 0 Å². The molecule has 0 aliphatic heterocycles. The van der Waals surface area contributed by atoms with Crippen molar-refractivity contribution >= 4 is 11.0 Å². The zero-order chi connectivity index (χ0) is 12.5. The Labute approximate surface area is 106 Å². The Hall–Kier alpha value is -2.29. The van der Waals surface area contributed by atoms with E-state index in [4.69, 9.17) is 4.74 Å². The molecule has 0 radical (unpaired) electrons. The number of hydrogen-bond donors (Lipinski definition) is 0. The third-order valence-electron chi connectivity index (χ3n) is 3.08. The average Bonchev–Trinajstić information content (AvgIpc) is 2.84. The molecule has 0 N–H and O–H groups in total. The highest BCUT2D eigenvalue weighted by Crippen LogP contribution is 2.24. The Kier molecular flexibility index (Phi) is 2.52. The van der Waals surface area contributed by atoms with Gasteiger partial charge in [0.2, 0.25) is 5.88 Å². The maximum atomic E-state index is 5.24. The van der Waals surface area contributed by atoms with E-state index < -0.39 is 0 Å². The van der Waals surface area contributed by atoms with Gasteiger partial charge in [0.15, 0.2) is 0 Å². The van der Waals surface area contributed by atoms with Gasteiger partial charge in [0.25, 0.3) is 0 Å². The van der Waals surface area contributed by atoms with Crippen LogP contribution < -0.4 is 4.74 Å². The molecule has 90 valence electrons. The summed E-state index contributed by atoms with van der Waals surface area (Å²) in [6, 6.07) is 14.2. The van der Waals surface area contributed by atoms with Crippen molar-refractivity contribution in [3.63, 3.8) is 0 Å². The summed E-state index contributed by atoms with van der Waals surface area (Å²) in [6.45, 7) is 2.07. The van der Waals surface area contributed by atoms with Crippen LogP contribution in [0.25, 0.3) is 16.7 Å². The van der Waals surface area contributed by atoms with Crippen molar-refractivity contribution in [2.75, 3.05) is 7.11 Å². The average molecular weight is 238 g/mol. The van der Waals surface area contributed by atoms with E-state index in [0.717, 1.165) is 16.7 Å². The van der Waals surface area contributed by atoms with Crippen LogP contribution in [0, 0.1) is 6.92 Å². The van der Waals surface area contributed by atoms with Gasteiger partial charge in [0, 0.05) is 23.3 Å². The second-order valence-electron chi connectivity index (χ2n) is 4.24. The lowest BCUT2D eigenvalue weighted by atomic mass is 10.2. The molecule has 2 heterocycles. The number of pyridine rings is 1. The van der Waals surface area contributed by atoms with Crippen LogP contribution in [0.1, 0.15) is 5.56 Å². The highest BCUT2D eigenvalue weighted by Gasteiger charge is 2.08. The van der Waals surface area contributed by atoms with Crippen LogP contribution in [-0.2, 0) is 0 Å². The normalized spacial score (nSPS) is 10.8. The number of aromatic nitrogens is 2. The molecule has 0 spiro atoms. The van der Waals surface area contributed by atoms with E-state index in [9.17, 15) is 0 Å². The first-order chi connectivity index (χ1) is 8.79. The molecule has 0 bridgehead atoms. The minimum Gasteiger partial charge on any atom is -0.481 e. The van der Waals surface area contributed by atoms with Crippen molar-refractivity contribution in [3.8, 4) is 11.6 Å². The van der Waals surface area contributed by atoms with Crippen molar-refractivity contribution in [2.24, 2.45) is 0 Å². The summed E-state index contributed by atoms with van der Waals surface area (Å²) in [6.07, 6.45) is 2.04. The molecule has 0 atom stereocenters. The van der Waals surface area contributed by atoms with Crippen LogP contribution in [0.3, 0.4) is 0 Å². The largest absolute Gasteiger partial charge is 0.481 e. The van der Waals surface area contributed by atoms with Crippen LogP contribution in [0.2, 0.25) is 0 Å². The Balaban J connectivity index is 2.28. The fourth-order valence-electron chi connectivity index (χ4n) is 2.15.